The van der Waals surface area contributed by atoms with Crippen molar-refractivity contribution in [2.24, 2.45) is 5.73 Å². The summed E-state index contributed by atoms with van der Waals surface area (Å²) in [4.78, 5) is 18.4. The molecule has 0 spiro atoms. The van der Waals surface area contributed by atoms with Gasteiger partial charge in [-0.3, -0.25) is 4.79 Å². The van der Waals surface area contributed by atoms with Gasteiger partial charge in [-0.25, -0.2) is 5.48 Å². The maximum atomic E-state index is 10.1. The van der Waals surface area contributed by atoms with E-state index in [1.807, 2.05) is 0 Å². The lowest BCUT2D eigenvalue weighted by atomic mass is 10.5. The standard InChI is InChI=1S/C3H4N2O3/c4-3(6)2-1-7-8-5-2/h1,5H,(H2,4,6). The van der Waals surface area contributed by atoms with Crippen molar-refractivity contribution in [2.75, 3.05) is 0 Å². The Labute approximate surface area is 44.9 Å². The Morgan fingerprint density at radius 2 is 2.62 bits per heavy atom. The molecular formula is C3H4N2O3. The molecule has 1 aliphatic heterocycles. The zero-order valence-corrected chi connectivity index (χ0v) is 3.88. The van der Waals surface area contributed by atoms with Gasteiger partial charge in [0, 0.05) is 0 Å². The highest BCUT2D eigenvalue weighted by Crippen LogP contribution is 1.96. The van der Waals surface area contributed by atoms with E-state index in [1.54, 1.807) is 0 Å². The van der Waals surface area contributed by atoms with Crippen molar-refractivity contribution in [1.82, 2.24) is 5.48 Å². The highest BCUT2D eigenvalue weighted by molar-refractivity contribution is 5.90. The summed E-state index contributed by atoms with van der Waals surface area (Å²) in [6.45, 7) is 0. The quantitative estimate of drug-likeness (QED) is 0.421. The van der Waals surface area contributed by atoms with Crippen LogP contribution in [0.3, 0.4) is 0 Å². The molecule has 0 aromatic heterocycles. The van der Waals surface area contributed by atoms with E-state index in [0.29, 0.717) is 0 Å². The van der Waals surface area contributed by atoms with Gasteiger partial charge in [0.2, 0.25) is 0 Å². The van der Waals surface area contributed by atoms with E-state index < -0.39 is 5.91 Å². The first kappa shape index (κ1) is 4.92. The Morgan fingerprint density at radius 1 is 1.88 bits per heavy atom. The summed E-state index contributed by atoms with van der Waals surface area (Å²) in [5.74, 6) is -0.609. The predicted octanol–water partition coefficient (Wildman–Crippen LogP) is -1.22. The second kappa shape index (κ2) is 1.71. The number of hydroxylamine groups is 1. The third kappa shape index (κ3) is 0.710. The molecule has 44 valence electrons. The van der Waals surface area contributed by atoms with E-state index in [1.165, 1.54) is 0 Å². The molecule has 0 saturated heterocycles. The Hall–Kier alpha value is -1.23. The van der Waals surface area contributed by atoms with Crippen LogP contribution in [-0.4, -0.2) is 5.91 Å². The van der Waals surface area contributed by atoms with Gasteiger partial charge in [0.25, 0.3) is 5.91 Å². The molecule has 0 saturated carbocycles. The van der Waals surface area contributed by atoms with Gasteiger partial charge in [0.05, 0.1) is 0 Å². The number of nitrogens with two attached hydrogens (primary N) is 1. The molecule has 8 heavy (non-hydrogen) atoms. The van der Waals surface area contributed by atoms with Crippen molar-refractivity contribution in [3.05, 3.63) is 12.0 Å². The molecule has 0 bridgehead atoms. The molecule has 1 rings (SSSR count). The molecule has 0 aromatic rings. The number of nitrogens with one attached hydrogen (secondary N) is 1. The van der Waals surface area contributed by atoms with Gasteiger partial charge < -0.3 is 10.6 Å². The van der Waals surface area contributed by atoms with Crippen LogP contribution in [0.2, 0.25) is 0 Å². The summed E-state index contributed by atoms with van der Waals surface area (Å²) < 4.78 is 0. The van der Waals surface area contributed by atoms with E-state index >= 15 is 0 Å². The Kier molecular flexibility index (Phi) is 1.05. The van der Waals surface area contributed by atoms with Crippen LogP contribution in [0.5, 0.6) is 0 Å². The first-order chi connectivity index (χ1) is 3.80. The minimum Gasteiger partial charge on any atom is -0.364 e. The van der Waals surface area contributed by atoms with Crippen LogP contribution in [0, 0.1) is 0 Å². The number of carbonyl (C=O) groups excluding carboxylic acids is 1. The largest absolute Gasteiger partial charge is 0.364 e. The molecular weight excluding hydrogens is 112 g/mol. The Bertz CT molecular complexity index is 141. The molecule has 0 atom stereocenters. The second-order valence-corrected chi connectivity index (χ2v) is 1.18. The highest BCUT2D eigenvalue weighted by atomic mass is 17.3. The SMILES string of the molecule is NC(=O)C1=COON1. The van der Waals surface area contributed by atoms with Gasteiger partial charge in [0.15, 0.2) is 12.0 Å². The summed E-state index contributed by atoms with van der Waals surface area (Å²) in [6, 6.07) is 0. The van der Waals surface area contributed by atoms with Crippen molar-refractivity contribution in [1.29, 1.82) is 0 Å². The summed E-state index contributed by atoms with van der Waals surface area (Å²) >= 11 is 0. The highest BCUT2D eigenvalue weighted by Gasteiger charge is 2.10. The number of rotatable bonds is 1. The molecule has 0 unspecified atom stereocenters. The lowest BCUT2D eigenvalue weighted by Gasteiger charge is -1.89. The number of hydrogen-bond acceptors (Lipinski definition) is 4. The molecule has 3 N–H and O–H groups in total. The third-order valence-corrected chi connectivity index (χ3v) is 0.631. The van der Waals surface area contributed by atoms with E-state index in [-0.39, 0.29) is 5.70 Å². The van der Waals surface area contributed by atoms with E-state index in [9.17, 15) is 4.79 Å². The molecule has 0 aliphatic carbocycles. The van der Waals surface area contributed by atoms with Crippen LogP contribution in [-0.2, 0) is 14.7 Å². The predicted molar refractivity (Wildman–Crippen MR) is 22.6 cm³/mol. The number of carbonyl (C=O) groups is 1. The van der Waals surface area contributed by atoms with Crippen LogP contribution >= 0.6 is 0 Å². The number of amides is 1. The summed E-state index contributed by atoms with van der Waals surface area (Å²) in [5, 5.41) is 0. The zero-order valence-electron chi connectivity index (χ0n) is 3.88. The number of primary amides is 1. The molecule has 1 heterocycles. The average Bonchev–Trinajstić information content (AvgIpc) is 2.12. The molecule has 5 heteroatoms. The van der Waals surface area contributed by atoms with Gasteiger partial charge >= 0.3 is 0 Å². The lowest BCUT2D eigenvalue weighted by molar-refractivity contribution is -0.265. The van der Waals surface area contributed by atoms with Crippen molar-refractivity contribution in [2.45, 2.75) is 0 Å². The van der Waals surface area contributed by atoms with Gasteiger partial charge in [-0.1, -0.05) is 4.99 Å². The number of hydrogen-bond donors (Lipinski definition) is 2. The Balaban J connectivity index is 2.57. The fourth-order valence-electron chi connectivity index (χ4n) is 0.274. The molecule has 0 radical (unpaired) electrons. The van der Waals surface area contributed by atoms with Crippen LogP contribution in [0.4, 0.5) is 0 Å². The van der Waals surface area contributed by atoms with Crippen molar-refractivity contribution in [3.63, 3.8) is 0 Å². The smallest absolute Gasteiger partial charge is 0.270 e. The second-order valence-electron chi connectivity index (χ2n) is 1.18. The molecule has 1 aliphatic rings. The minimum absolute atomic E-state index is 0.116. The first-order valence-corrected chi connectivity index (χ1v) is 1.89. The molecule has 0 aromatic carbocycles. The average molecular weight is 116 g/mol. The van der Waals surface area contributed by atoms with Crippen LogP contribution in [0.1, 0.15) is 0 Å². The maximum absolute atomic E-state index is 10.1. The van der Waals surface area contributed by atoms with Gasteiger partial charge in [-0.05, 0) is 0 Å². The van der Waals surface area contributed by atoms with Crippen LogP contribution in [0.15, 0.2) is 12.0 Å². The maximum Gasteiger partial charge on any atom is 0.270 e. The molecule has 1 amide bonds. The van der Waals surface area contributed by atoms with Crippen molar-refractivity contribution >= 4 is 5.91 Å². The summed E-state index contributed by atoms with van der Waals surface area (Å²) in [6.07, 6.45) is 1.09. The summed E-state index contributed by atoms with van der Waals surface area (Å²) in [5.41, 5.74) is 7.00. The van der Waals surface area contributed by atoms with Crippen LogP contribution in [0.25, 0.3) is 0 Å². The third-order valence-electron chi connectivity index (χ3n) is 0.631. The van der Waals surface area contributed by atoms with Crippen LogP contribution < -0.4 is 11.2 Å². The molecule has 0 fully saturated rings. The summed E-state index contributed by atoms with van der Waals surface area (Å²) in [7, 11) is 0. The lowest BCUT2D eigenvalue weighted by Crippen LogP contribution is -2.21. The molecule has 5 nitrogen and oxygen atoms in total. The van der Waals surface area contributed by atoms with E-state index in [4.69, 9.17) is 5.73 Å². The van der Waals surface area contributed by atoms with Gasteiger partial charge in [-0.2, -0.15) is 0 Å². The van der Waals surface area contributed by atoms with Crippen molar-refractivity contribution < 1.29 is 14.7 Å². The van der Waals surface area contributed by atoms with E-state index in [2.05, 4.69) is 15.4 Å². The van der Waals surface area contributed by atoms with E-state index in [0.717, 1.165) is 6.26 Å². The monoisotopic (exact) mass is 116 g/mol. The first-order valence-electron chi connectivity index (χ1n) is 1.89. The fraction of sp³-hybridized carbons (Fsp3) is 0. The van der Waals surface area contributed by atoms with Gasteiger partial charge in [0.1, 0.15) is 0 Å². The topological polar surface area (TPSA) is 73.6 Å². The Morgan fingerprint density at radius 3 is 2.88 bits per heavy atom. The van der Waals surface area contributed by atoms with Gasteiger partial charge in [-0.15, -0.1) is 0 Å². The fourth-order valence-corrected chi connectivity index (χ4v) is 0.274. The zero-order chi connectivity index (χ0) is 5.98. The van der Waals surface area contributed by atoms with Crippen molar-refractivity contribution in [3.8, 4) is 0 Å². The normalized spacial score (nSPS) is 16.2. The minimum atomic E-state index is -0.609.